The second kappa shape index (κ2) is 6.03. The maximum atomic E-state index is 12.6. The van der Waals surface area contributed by atoms with Crippen molar-refractivity contribution in [2.75, 3.05) is 13.1 Å². The summed E-state index contributed by atoms with van der Waals surface area (Å²) in [5.74, 6) is -1.84. The molecule has 0 spiro atoms. The van der Waals surface area contributed by atoms with Crippen LogP contribution in [0.1, 0.15) is 17.5 Å². The third-order valence-electron chi connectivity index (χ3n) is 3.64. The lowest BCUT2D eigenvalue weighted by Gasteiger charge is -2.34. The molecule has 1 fully saturated rings. The molecular formula is C14H16F3NO3. The Morgan fingerprint density at radius 3 is 2.67 bits per heavy atom. The molecule has 1 aromatic rings. The van der Waals surface area contributed by atoms with Crippen molar-refractivity contribution in [1.82, 2.24) is 4.90 Å². The van der Waals surface area contributed by atoms with Crippen LogP contribution in [0.25, 0.3) is 0 Å². The smallest absolute Gasteiger partial charge is 0.416 e. The van der Waals surface area contributed by atoms with E-state index in [1.807, 2.05) is 0 Å². The van der Waals surface area contributed by atoms with Crippen LogP contribution in [0.4, 0.5) is 13.2 Å². The monoisotopic (exact) mass is 303 g/mol. The zero-order valence-corrected chi connectivity index (χ0v) is 11.2. The van der Waals surface area contributed by atoms with E-state index in [2.05, 4.69) is 0 Å². The van der Waals surface area contributed by atoms with Gasteiger partial charge < -0.3 is 10.2 Å². The second-order valence-electron chi connectivity index (χ2n) is 5.23. The van der Waals surface area contributed by atoms with Crippen molar-refractivity contribution >= 4 is 5.97 Å². The van der Waals surface area contributed by atoms with Crippen molar-refractivity contribution in [2.45, 2.75) is 25.2 Å². The first-order valence-electron chi connectivity index (χ1n) is 6.56. The van der Waals surface area contributed by atoms with Crippen LogP contribution in [0.2, 0.25) is 0 Å². The summed E-state index contributed by atoms with van der Waals surface area (Å²) in [4.78, 5) is 12.6. The van der Waals surface area contributed by atoms with Crippen LogP contribution in [-0.2, 0) is 17.5 Å². The van der Waals surface area contributed by atoms with E-state index < -0.39 is 29.7 Å². The number of alkyl halides is 3. The van der Waals surface area contributed by atoms with Gasteiger partial charge in [0.05, 0.1) is 17.6 Å². The summed E-state index contributed by atoms with van der Waals surface area (Å²) in [6.07, 6.45) is -5.09. The van der Waals surface area contributed by atoms with Crippen molar-refractivity contribution in [1.29, 1.82) is 0 Å². The van der Waals surface area contributed by atoms with Gasteiger partial charge in [-0.05, 0) is 24.6 Å². The molecule has 7 heteroatoms. The topological polar surface area (TPSA) is 60.8 Å². The molecule has 2 rings (SSSR count). The Hall–Kier alpha value is -1.60. The van der Waals surface area contributed by atoms with Crippen molar-refractivity contribution in [3.63, 3.8) is 0 Å². The second-order valence-corrected chi connectivity index (χ2v) is 5.23. The van der Waals surface area contributed by atoms with E-state index in [1.165, 1.54) is 6.07 Å². The Bertz CT molecular complexity index is 518. The minimum Gasteiger partial charge on any atom is -0.481 e. The fourth-order valence-corrected chi connectivity index (χ4v) is 2.53. The molecule has 1 heterocycles. The van der Waals surface area contributed by atoms with Crippen LogP contribution in [0, 0.1) is 5.92 Å². The first-order valence-corrected chi connectivity index (χ1v) is 6.56. The molecule has 0 saturated carbocycles. The molecule has 0 aromatic heterocycles. The number of piperidine rings is 1. The molecule has 1 aromatic carbocycles. The zero-order valence-electron chi connectivity index (χ0n) is 11.2. The van der Waals surface area contributed by atoms with Gasteiger partial charge in [0.25, 0.3) is 0 Å². The summed E-state index contributed by atoms with van der Waals surface area (Å²) in [6, 6.07) is 5.02. The first-order chi connectivity index (χ1) is 9.77. The van der Waals surface area contributed by atoms with Gasteiger partial charge in [0.1, 0.15) is 0 Å². The van der Waals surface area contributed by atoms with Crippen molar-refractivity contribution in [3.05, 3.63) is 35.4 Å². The van der Waals surface area contributed by atoms with Gasteiger partial charge in [-0.1, -0.05) is 18.2 Å². The lowest BCUT2D eigenvalue weighted by Crippen LogP contribution is -2.46. The lowest BCUT2D eigenvalue weighted by molar-refractivity contribution is -0.148. The Morgan fingerprint density at radius 1 is 1.38 bits per heavy atom. The standard InChI is InChI=1S/C14H16F3NO3/c15-14(16,17)10-3-1-2-9(6-10)7-18-5-4-11(13(20)21)12(19)8-18/h1-3,6,11-12,19H,4-5,7-8H2,(H,20,21)/t11-,12+/m0/s1. The number of rotatable bonds is 3. The number of benzene rings is 1. The molecular weight excluding hydrogens is 287 g/mol. The van der Waals surface area contributed by atoms with Gasteiger partial charge in [-0.3, -0.25) is 9.69 Å². The molecule has 2 N–H and O–H groups in total. The van der Waals surface area contributed by atoms with E-state index in [9.17, 15) is 23.1 Å². The summed E-state index contributed by atoms with van der Waals surface area (Å²) in [5.41, 5.74) is -0.216. The van der Waals surface area contributed by atoms with E-state index in [4.69, 9.17) is 5.11 Å². The Kier molecular flexibility index (Phi) is 4.53. The highest BCUT2D eigenvalue weighted by Crippen LogP contribution is 2.30. The molecule has 0 radical (unpaired) electrons. The van der Waals surface area contributed by atoms with Crippen LogP contribution < -0.4 is 0 Å². The highest BCUT2D eigenvalue weighted by molar-refractivity contribution is 5.70. The van der Waals surface area contributed by atoms with Gasteiger partial charge in [0.2, 0.25) is 0 Å². The number of halogens is 3. The SMILES string of the molecule is O=C(O)[C@H]1CCN(Cc2cccc(C(F)(F)F)c2)C[C@H]1O. The van der Waals surface area contributed by atoms with Gasteiger partial charge >= 0.3 is 12.1 Å². The van der Waals surface area contributed by atoms with Crippen molar-refractivity contribution < 1.29 is 28.2 Å². The summed E-state index contributed by atoms with van der Waals surface area (Å²) < 4.78 is 37.9. The highest BCUT2D eigenvalue weighted by atomic mass is 19.4. The minimum atomic E-state index is -4.38. The lowest BCUT2D eigenvalue weighted by atomic mass is 9.94. The first kappa shape index (κ1) is 15.8. The number of nitrogens with zero attached hydrogens (tertiary/aromatic N) is 1. The number of aliphatic hydroxyl groups is 1. The highest BCUT2D eigenvalue weighted by Gasteiger charge is 2.33. The summed E-state index contributed by atoms with van der Waals surface area (Å²) >= 11 is 0. The predicted octanol–water partition coefficient (Wildman–Crippen LogP) is 1.97. The number of carboxylic acids is 1. The molecule has 1 saturated heterocycles. The Labute approximate surface area is 119 Å². The Morgan fingerprint density at radius 2 is 2.10 bits per heavy atom. The minimum absolute atomic E-state index is 0.146. The molecule has 0 amide bonds. The number of hydrogen-bond acceptors (Lipinski definition) is 3. The van der Waals surface area contributed by atoms with Crippen LogP contribution >= 0.6 is 0 Å². The average molecular weight is 303 g/mol. The van der Waals surface area contributed by atoms with Crippen molar-refractivity contribution in [3.8, 4) is 0 Å². The number of likely N-dealkylation sites (tertiary alicyclic amines) is 1. The van der Waals surface area contributed by atoms with Crippen molar-refractivity contribution in [2.24, 2.45) is 5.92 Å². The number of β-amino-alcohol motifs (C(OH)–C–C–N with tert-alkyl or cyclic N) is 1. The number of carbonyl (C=O) groups is 1. The van der Waals surface area contributed by atoms with Crippen LogP contribution in [0.3, 0.4) is 0 Å². The largest absolute Gasteiger partial charge is 0.481 e. The molecule has 2 atom stereocenters. The maximum Gasteiger partial charge on any atom is 0.416 e. The quantitative estimate of drug-likeness (QED) is 0.896. The summed E-state index contributed by atoms with van der Waals surface area (Å²) in [7, 11) is 0. The van der Waals surface area contributed by atoms with E-state index in [-0.39, 0.29) is 19.5 Å². The number of aliphatic hydroxyl groups excluding tert-OH is 1. The normalized spacial score (nSPS) is 24.0. The maximum absolute atomic E-state index is 12.6. The van der Waals surface area contributed by atoms with Crippen LogP contribution in [0.5, 0.6) is 0 Å². The van der Waals surface area contributed by atoms with Gasteiger partial charge in [0, 0.05) is 13.1 Å². The van der Waals surface area contributed by atoms with Gasteiger partial charge in [0.15, 0.2) is 0 Å². The third kappa shape index (κ3) is 3.95. The van der Waals surface area contributed by atoms with E-state index >= 15 is 0 Å². The predicted molar refractivity (Wildman–Crippen MR) is 68.5 cm³/mol. The molecule has 0 bridgehead atoms. The van der Waals surface area contributed by atoms with Crippen LogP contribution in [-0.4, -0.2) is 40.3 Å². The van der Waals surface area contributed by atoms with E-state index in [0.29, 0.717) is 12.1 Å². The van der Waals surface area contributed by atoms with E-state index in [1.54, 1.807) is 11.0 Å². The molecule has 21 heavy (non-hydrogen) atoms. The zero-order chi connectivity index (χ0) is 15.6. The number of carboxylic acid groups (broad SMARTS) is 1. The van der Waals surface area contributed by atoms with Gasteiger partial charge in [-0.2, -0.15) is 13.2 Å². The number of hydrogen-bond donors (Lipinski definition) is 2. The molecule has 0 aliphatic carbocycles. The summed E-state index contributed by atoms with van der Waals surface area (Å²) in [5, 5.41) is 18.7. The summed E-state index contributed by atoms with van der Waals surface area (Å²) in [6.45, 7) is 0.838. The molecule has 1 aliphatic rings. The average Bonchev–Trinajstić information content (AvgIpc) is 2.37. The fourth-order valence-electron chi connectivity index (χ4n) is 2.53. The van der Waals surface area contributed by atoms with Crippen LogP contribution in [0.15, 0.2) is 24.3 Å². The fraction of sp³-hybridized carbons (Fsp3) is 0.500. The molecule has 4 nitrogen and oxygen atoms in total. The van der Waals surface area contributed by atoms with Gasteiger partial charge in [-0.25, -0.2) is 0 Å². The molecule has 1 aliphatic heterocycles. The van der Waals surface area contributed by atoms with Gasteiger partial charge in [-0.15, -0.1) is 0 Å². The Balaban J connectivity index is 2.02. The molecule has 0 unspecified atom stereocenters. The number of aliphatic carboxylic acids is 1. The van der Waals surface area contributed by atoms with E-state index in [0.717, 1.165) is 12.1 Å². The molecule has 116 valence electrons. The third-order valence-corrected chi connectivity index (χ3v) is 3.64.